The van der Waals surface area contributed by atoms with Crippen LogP contribution in [0.1, 0.15) is 27.2 Å². The normalized spacial score (nSPS) is 16.2. The van der Waals surface area contributed by atoms with Crippen molar-refractivity contribution >= 4 is 18.0 Å². The maximum absolute atomic E-state index is 11.9. The molecule has 22 heavy (non-hydrogen) atoms. The molecule has 1 heterocycles. The van der Waals surface area contributed by atoms with Gasteiger partial charge in [0.05, 0.1) is 13.0 Å². The SMILES string of the molecule is CC(C)(C)OC(=O)N1CCN(CC(=O)NCCC(=O)O)CC1. The van der Waals surface area contributed by atoms with Crippen LogP contribution in [-0.2, 0) is 14.3 Å². The molecule has 0 aromatic heterocycles. The maximum Gasteiger partial charge on any atom is 0.410 e. The molecule has 1 rings (SSSR count). The van der Waals surface area contributed by atoms with Crippen LogP contribution in [-0.4, -0.2) is 77.7 Å². The lowest BCUT2D eigenvalue weighted by atomic mass is 10.2. The first-order chi connectivity index (χ1) is 10.2. The van der Waals surface area contributed by atoms with Gasteiger partial charge >= 0.3 is 12.1 Å². The zero-order valence-electron chi connectivity index (χ0n) is 13.4. The third kappa shape index (κ3) is 7.26. The lowest BCUT2D eigenvalue weighted by Gasteiger charge is -2.35. The standard InChI is InChI=1S/C14H25N3O5/c1-14(2,3)22-13(21)17-8-6-16(7-9-17)10-11(18)15-5-4-12(19)20/h4-10H2,1-3H3,(H,15,18)(H,19,20). The van der Waals surface area contributed by atoms with Gasteiger partial charge < -0.3 is 20.1 Å². The first-order valence-corrected chi connectivity index (χ1v) is 7.36. The molecule has 0 radical (unpaired) electrons. The molecule has 126 valence electrons. The summed E-state index contributed by atoms with van der Waals surface area (Å²) in [5.74, 6) is -1.14. The molecule has 1 fully saturated rings. The molecule has 1 aliphatic rings. The highest BCUT2D eigenvalue weighted by atomic mass is 16.6. The van der Waals surface area contributed by atoms with E-state index in [9.17, 15) is 14.4 Å². The van der Waals surface area contributed by atoms with Gasteiger partial charge in [-0.1, -0.05) is 0 Å². The Morgan fingerprint density at radius 1 is 1.14 bits per heavy atom. The zero-order valence-corrected chi connectivity index (χ0v) is 13.4. The Kier molecular flexibility index (Phi) is 6.61. The summed E-state index contributed by atoms with van der Waals surface area (Å²) in [6.45, 7) is 8.01. The summed E-state index contributed by atoms with van der Waals surface area (Å²) in [5, 5.41) is 11.1. The number of ether oxygens (including phenoxy) is 1. The van der Waals surface area contributed by atoms with Gasteiger partial charge in [0.1, 0.15) is 5.60 Å². The molecule has 2 N–H and O–H groups in total. The number of hydrogen-bond donors (Lipinski definition) is 2. The maximum atomic E-state index is 11.9. The predicted octanol–water partition coefficient (Wildman–Crippen LogP) is 0.130. The molecule has 1 saturated heterocycles. The molecule has 0 aromatic carbocycles. The molecule has 0 spiro atoms. The van der Waals surface area contributed by atoms with Crippen LogP contribution in [0.2, 0.25) is 0 Å². The van der Waals surface area contributed by atoms with Gasteiger partial charge in [0, 0.05) is 32.7 Å². The molecule has 0 aliphatic carbocycles. The summed E-state index contributed by atoms with van der Waals surface area (Å²) in [6.07, 6.45) is -0.420. The van der Waals surface area contributed by atoms with Crippen molar-refractivity contribution in [3.05, 3.63) is 0 Å². The summed E-state index contributed by atoms with van der Waals surface area (Å²) < 4.78 is 5.30. The van der Waals surface area contributed by atoms with E-state index < -0.39 is 11.6 Å². The molecule has 0 atom stereocenters. The molecule has 0 aromatic rings. The number of hydrogen-bond acceptors (Lipinski definition) is 5. The fourth-order valence-corrected chi connectivity index (χ4v) is 1.98. The van der Waals surface area contributed by atoms with Gasteiger partial charge in [0.15, 0.2) is 0 Å². The molecular formula is C14H25N3O5. The van der Waals surface area contributed by atoms with Crippen LogP contribution in [0, 0.1) is 0 Å². The fraction of sp³-hybridized carbons (Fsp3) is 0.786. The van der Waals surface area contributed by atoms with Crippen molar-refractivity contribution in [2.24, 2.45) is 0 Å². The van der Waals surface area contributed by atoms with Crippen LogP contribution in [0.15, 0.2) is 0 Å². The summed E-state index contributed by atoms with van der Waals surface area (Å²) in [6, 6.07) is 0. The monoisotopic (exact) mass is 315 g/mol. The highest BCUT2D eigenvalue weighted by Crippen LogP contribution is 2.11. The van der Waals surface area contributed by atoms with Crippen LogP contribution >= 0.6 is 0 Å². The number of rotatable bonds is 5. The number of carboxylic acid groups (broad SMARTS) is 1. The van der Waals surface area contributed by atoms with E-state index in [0.717, 1.165) is 0 Å². The number of aliphatic carboxylic acids is 1. The average Bonchev–Trinajstić information content (AvgIpc) is 2.37. The van der Waals surface area contributed by atoms with Gasteiger partial charge in [-0.15, -0.1) is 0 Å². The Morgan fingerprint density at radius 2 is 1.73 bits per heavy atom. The van der Waals surface area contributed by atoms with Gasteiger partial charge in [-0.2, -0.15) is 0 Å². The minimum absolute atomic E-state index is 0.0852. The van der Waals surface area contributed by atoms with E-state index in [-0.39, 0.29) is 31.5 Å². The van der Waals surface area contributed by atoms with Crippen molar-refractivity contribution in [3.8, 4) is 0 Å². The van der Waals surface area contributed by atoms with Crippen molar-refractivity contribution in [1.29, 1.82) is 0 Å². The molecule has 8 heteroatoms. The van der Waals surface area contributed by atoms with Crippen LogP contribution in [0.4, 0.5) is 4.79 Å². The van der Waals surface area contributed by atoms with E-state index in [0.29, 0.717) is 26.2 Å². The number of amides is 2. The van der Waals surface area contributed by atoms with E-state index >= 15 is 0 Å². The Bertz CT molecular complexity index is 411. The summed E-state index contributed by atoms with van der Waals surface area (Å²) in [4.78, 5) is 37.5. The van der Waals surface area contributed by atoms with Crippen molar-refractivity contribution in [2.45, 2.75) is 32.8 Å². The Balaban J connectivity index is 2.26. The summed E-state index contributed by atoms with van der Waals surface area (Å²) >= 11 is 0. The minimum Gasteiger partial charge on any atom is -0.481 e. The van der Waals surface area contributed by atoms with E-state index in [4.69, 9.17) is 9.84 Å². The highest BCUT2D eigenvalue weighted by Gasteiger charge is 2.26. The van der Waals surface area contributed by atoms with Gasteiger partial charge in [0.2, 0.25) is 5.91 Å². The minimum atomic E-state index is -0.939. The highest BCUT2D eigenvalue weighted by molar-refractivity contribution is 5.78. The van der Waals surface area contributed by atoms with Crippen LogP contribution < -0.4 is 5.32 Å². The number of piperazine rings is 1. The third-order valence-corrected chi connectivity index (χ3v) is 3.05. The number of nitrogens with zero attached hydrogens (tertiary/aromatic N) is 2. The van der Waals surface area contributed by atoms with Crippen LogP contribution in [0.5, 0.6) is 0 Å². The third-order valence-electron chi connectivity index (χ3n) is 3.05. The number of carboxylic acids is 1. The fourth-order valence-electron chi connectivity index (χ4n) is 1.98. The molecule has 8 nitrogen and oxygen atoms in total. The van der Waals surface area contributed by atoms with Gasteiger partial charge in [-0.25, -0.2) is 4.79 Å². The van der Waals surface area contributed by atoms with Crippen molar-refractivity contribution in [2.75, 3.05) is 39.3 Å². The molecular weight excluding hydrogens is 290 g/mol. The zero-order chi connectivity index (χ0) is 16.8. The van der Waals surface area contributed by atoms with Crippen molar-refractivity contribution in [3.63, 3.8) is 0 Å². The number of nitrogens with one attached hydrogen (secondary N) is 1. The average molecular weight is 315 g/mol. The van der Waals surface area contributed by atoms with Crippen LogP contribution in [0.3, 0.4) is 0 Å². The summed E-state index contributed by atoms with van der Waals surface area (Å²) in [7, 11) is 0. The van der Waals surface area contributed by atoms with E-state index in [1.165, 1.54) is 0 Å². The van der Waals surface area contributed by atoms with E-state index in [1.54, 1.807) is 4.90 Å². The Labute approximate surface area is 130 Å². The molecule has 1 aliphatic heterocycles. The lowest BCUT2D eigenvalue weighted by Crippen LogP contribution is -2.52. The predicted molar refractivity (Wildman–Crippen MR) is 79.5 cm³/mol. The summed E-state index contributed by atoms with van der Waals surface area (Å²) in [5.41, 5.74) is -0.516. The second kappa shape index (κ2) is 7.98. The second-order valence-electron chi connectivity index (χ2n) is 6.24. The first kappa shape index (κ1) is 18.2. The van der Waals surface area contributed by atoms with Crippen LogP contribution in [0.25, 0.3) is 0 Å². The molecule has 0 bridgehead atoms. The molecule has 0 saturated carbocycles. The van der Waals surface area contributed by atoms with Gasteiger partial charge in [-0.05, 0) is 20.8 Å². The van der Waals surface area contributed by atoms with Gasteiger partial charge in [0.25, 0.3) is 0 Å². The lowest BCUT2D eigenvalue weighted by molar-refractivity contribution is -0.136. The Morgan fingerprint density at radius 3 is 2.23 bits per heavy atom. The Hall–Kier alpha value is -1.83. The van der Waals surface area contributed by atoms with Crippen molar-refractivity contribution < 1.29 is 24.2 Å². The van der Waals surface area contributed by atoms with E-state index in [1.807, 2.05) is 25.7 Å². The van der Waals surface area contributed by atoms with Crippen molar-refractivity contribution in [1.82, 2.24) is 15.1 Å². The van der Waals surface area contributed by atoms with Gasteiger partial charge in [-0.3, -0.25) is 14.5 Å². The second-order valence-corrected chi connectivity index (χ2v) is 6.24. The molecule has 2 amide bonds. The van der Waals surface area contributed by atoms with E-state index in [2.05, 4.69) is 5.32 Å². The topological polar surface area (TPSA) is 99.2 Å². The quantitative estimate of drug-likeness (QED) is 0.748. The first-order valence-electron chi connectivity index (χ1n) is 7.36. The largest absolute Gasteiger partial charge is 0.481 e. The molecule has 0 unspecified atom stereocenters. The number of carbonyl (C=O) groups excluding carboxylic acids is 2. The number of carbonyl (C=O) groups is 3. The smallest absolute Gasteiger partial charge is 0.410 e.